The third-order valence-corrected chi connectivity index (χ3v) is 12.1. The normalized spacial score (nSPS) is 13.9. The standard InChI is InChI=1S/C28H26NOSi.C13H24O2.Ir/c1-16-15-29-25-19-13-17-9-7-8-10-18(17)14-21(19)28(2,3)20-11-12-22(31(4,5)6)27-23(20)24(25)26(16)30-27;1-5-10(6-2)12(14)9-13(15)11(7-3)8-4;/h7-12,14-15H,1-6H3;9-11,14H,5-8H2,1-4H3;/q-1;;/b;12-9-;. The number of aliphatic hydroxyl groups is 1. The number of hydrogen-bond donors (Lipinski definition) is 1. The van der Waals surface area contributed by atoms with E-state index in [0.717, 1.165) is 64.4 Å². The zero-order chi connectivity index (χ0) is 33.6. The van der Waals surface area contributed by atoms with Crippen LogP contribution in [0.15, 0.2) is 64.9 Å². The predicted octanol–water partition coefficient (Wildman–Crippen LogP) is 11.0. The second-order valence-electron chi connectivity index (χ2n) is 14.5. The Labute approximate surface area is 295 Å². The number of aromatic nitrogens is 1. The van der Waals surface area contributed by atoms with E-state index >= 15 is 0 Å². The monoisotopic (exact) mass is 825 g/mol. The number of aliphatic hydroxyl groups excluding tert-OH is 1. The Bertz CT molecular complexity index is 1960. The SMILES string of the molecule is CCC(CC)C(=O)/C=C(\O)C(CC)CC.Cc1cnc2c3c1oc1c([Si](C)(C)C)ccc(c13)C(C)(C)c1cc3ccccc3[c-]c1-2.[Ir]. The Morgan fingerprint density at radius 2 is 1.57 bits per heavy atom. The summed E-state index contributed by atoms with van der Waals surface area (Å²) >= 11 is 0. The Morgan fingerprint density at radius 3 is 2.19 bits per heavy atom. The first-order valence-electron chi connectivity index (χ1n) is 17.0. The van der Waals surface area contributed by atoms with Gasteiger partial charge < -0.3 is 9.52 Å². The number of hydrogen-bond acceptors (Lipinski definition) is 4. The number of benzene rings is 3. The minimum Gasteiger partial charge on any atom is -0.512 e. The quantitative estimate of drug-likeness (QED) is 0.0733. The summed E-state index contributed by atoms with van der Waals surface area (Å²) in [6.07, 6.45) is 6.86. The molecule has 2 heterocycles. The molecule has 0 spiro atoms. The maximum Gasteiger partial charge on any atom is 0.162 e. The number of allylic oxidation sites excluding steroid dienone is 2. The zero-order valence-electron chi connectivity index (χ0n) is 29.7. The molecular weight excluding hydrogens is 775 g/mol. The van der Waals surface area contributed by atoms with E-state index in [1.54, 1.807) is 0 Å². The molecule has 251 valence electrons. The summed E-state index contributed by atoms with van der Waals surface area (Å²) in [6.45, 7) is 22.0. The molecule has 1 radical (unpaired) electrons. The van der Waals surface area contributed by atoms with Gasteiger partial charge in [-0.2, -0.15) is 0 Å². The molecule has 6 heteroatoms. The van der Waals surface area contributed by atoms with Gasteiger partial charge in [0.1, 0.15) is 11.2 Å². The molecule has 0 bridgehead atoms. The van der Waals surface area contributed by atoms with E-state index in [9.17, 15) is 9.90 Å². The molecule has 1 aliphatic rings. The minimum atomic E-state index is -1.60. The average molecular weight is 825 g/mol. The largest absolute Gasteiger partial charge is 0.512 e. The van der Waals surface area contributed by atoms with E-state index < -0.39 is 8.07 Å². The Kier molecular flexibility index (Phi) is 11.1. The number of pyridine rings is 1. The van der Waals surface area contributed by atoms with Gasteiger partial charge in [-0.1, -0.05) is 108 Å². The Hall–Kier alpha value is -3.05. The maximum absolute atomic E-state index is 11.7. The molecule has 4 nitrogen and oxygen atoms in total. The Morgan fingerprint density at radius 1 is 0.936 bits per heavy atom. The Balaban J connectivity index is 0.000000269. The molecule has 3 aromatic carbocycles. The van der Waals surface area contributed by atoms with Gasteiger partial charge in [0.15, 0.2) is 5.78 Å². The predicted molar refractivity (Wildman–Crippen MR) is 197 cm³/mol. The second-order valence-corrected chi connectivity index (χ2v) is 19.5. The fourth-order valence-corrected chi connectivity index (χ4v) is 8.50. The van der Waals surface area contributed by atoms with Crippen LogP contribution in [0.1, 0.15) is 83.9 Å². The third-order valence-electron chi connectivity index (χ3n) is 10.1. The van der Waals surface area contributed by atoms with E-state index in [1.165, 1.54) is 33.2 Å². The van der Waals surface area contributed by atoms with Crippen molar-refractivity contribution in [3.8, 4) is 11.3 Å². The molecule has 1 aliphatic carbocycles. The van der Waals surface area contributed by atoms with Gasteiger partial charge in [-0.15, -0.1) is 23.6 Å². The third kappa shape index (κ3) is 6.66. The van der Waals surface area contributed by atoms with Crippen LogP contribution >= 0.6 is 0 Å². The van der Waals surface area contributed by atoms with Crippen molar-refractivity contribution in [1.82, 2.24) is 4.98 Å². The number of fused-ring (bicyclic) bond motifs is 3. The summed E-state index contributed by atoms with van der Waals surface area (Å²) in [4.78, 5) is 16.7. The second kappa shape index (κ2) is 14.2. The van der Waals surface area contributed by atoms with Gasteiger partial charge in [0, 0.05) is 66.2 Å². The molecule has 47 heavy (non-hydrogen) atoms. The molecular formula is C41H50IrNO3Si-. The van der Waals surface area contributed by atoms with Gasteiger partial charge >= 0.3 is 0 Å². The van der Waals surface area contributed by atoms with E-state index in [0.29, 0.717) is 0 Å². The molecule has 5 aromatic rings. The molecule has 0 saturated carbocycles. The zero-order valence-corrected chi connectivity index (χ0v) is 33.1. The average Bonchev–Trinajstić information content (AvgIpc) is 3.39. The van der Waals surface area contributed by atoms with Crippen molar-refractivity contribution >= 4 is 51.8 Å². The molecule has 2 aromatic heterocycles. The van der Waals surface area contributed by atoms with Crippen molar-refractivity contribution in [1.29, 1.82) is 0 Å². The molecule has 0 unspecified atom stereocenters. The van der Waals surface area contributed by atoms with Crippen LogP contribution in [0.4, 0.5) is 0 Å². The van der Waals surface area contributed by atoms with Gasteiger partial charge in [0.25, 0.3) is 0 Å². The summed E-state index contributed by atoms with van der Waals surface area (Å²) in [7, 11) is -1.60. The van der Waals surface area contributed by atoms with Crippen LogP contribution in [-0.2, 0) is 30.3 Å². The summed E-state index contributed by atoms with van der Waals surface area (Å²) in [6, 6.07) is 19.3. The van der Waals surface area contributed by atoms with Gasteiger partial charge in [-0.05, 0) is 48.8 Å². The number of ketones is 1. The van der Waals surface area contributed by atoms with Gasteiger partial charge in [0.2, 0.25) is 0 Å². The van der Waals surface area contributed by atoms with E-state index in [-0.39, 0.29) is 48.9 Å². The molecule has 0 amide bonds. The number of rotatable bonds is 8. The minimum absolute atomic E-state index is 0. The van der Waals surface area contributed by atoms with E-state index in [1.807, 2.05) is 33.9 Å². The first-order chi connectivity index (χ1) is 21.8. The fraction of sp³-hybridized carbons (Fsp3) is 0.415. The van der Waals surface area contributed by atoms with E-state index in [4.69, 9.17) is 9.40 Å². The van der Waals surface area contributed by atoms with Crippen molar-refractivity contribution in [3.05, 3.63) is 83.3 Å². The van der Waals surface area contributed by atoms with Gasteiger partial charge in [0.05, 0.1) is 13.8 Å². The number of furan rings is 1. The van der Waals surface area contributed by atoms with Crippen LogP contribution in [-0.4, -0.2) is 23.9 Å². The summed E-state index contributed by atoms with van der Waals surface area (Å²) in [5.74, 6) is 0.547. The molecule has 0 fully saturated rings. The first kappa shape index (κ1) is 36.8. The van der Waals surface area contributed by atoms with Crippen LogP contribution in [0.2, 0.25) is 19.6 Å². The smallest absolute Gasteiger partial charge is 0.162 e. The molecule has 1 N–H and O–H groups in total. The van der Waals surface area contributed by atoms with Crippen molar-refractivity contribution in [2.75, 3.05) is 0 Å². The molecule has 0 saturated heterocycles. The van der Waals surface area contributed by atoms with Crippen molar-refractivity contribution in [3.63, 3.8) is 0 Å². The molecule has 0 atom stereocenters. The number of carbonyl (C=O) groups is 1. The van der Waals surface area contributed by atoms with Crippen LogP contribution in [0, 0.1) is 24.8 Å². The maximum atomic E-state index is 11.7. The van der Waals surface area contributed by atoms with Crippen molar-refractivity contribution in [2.45, 2.75) is 99.2 Å². The van der Waals surface area contributed by atoms with Gasteiger partial charge in [-0.25, -0.2) is 0 Å². The molecule has 0 aliphatic heterocycles. The van der Waals surface area contributed by atoms with Crippen LogP contribution in [0.5, 0.6) is 0 Å². The summed E-state index contributed by atoms with van der Waals surface area (Å²) in [5.41, 5.74) is 7.62. The molecule has 6 rings (SSSR count). The van der Waals surface area contributed by atoms with Crippen molar-refractivity contribution < 1.29 is 34.4 Å². The van der Waals surface area contributed by atoms with Crippen LogP contribution in [0.25, 0.3) is 44.0 Å². The fourth-order valence-electron chi connectivity index (χ4n) is 7.06. The van der Waals surface area contributed by atoms with Crippen LogP contribution in [0.3, 0.4) is 0 Å². The summed E-state index contributed by atoms with van der Waals surface area (Å²) in [5, 5.41) is 15.9. The van der Waals surface area contributed by atoms with E-state index in [2.05, 4.69) is 88.9 Å². The first-order valence-corrected chi connectivity index (χ1v) is 20.5. The number of carbonyl (C=O) groups excluding carboxylic acids is 1. The topological polar surface area (TPSA) is 63.3 Å². The summed E-state index contributed by atoms with van der Waals surface area (Å²) < 4.78 is 6.67. The van der Waals surface area contributed by atoms with Crippen molar-refractivity contribution in [2.24, 2.45) is 11.8 Å². The van der Waals surface area contributed by atoms with Gasteiger partial charge in [-0.3, -0.25) is 9.78 Å². The number of nitrogens with zero attached hydrogens (tertiary/aromatic N) is 1. The number of aryl methyl sites for hydroxylation is 1. The van der Waals surface area contributed by atoms with Crippen LogP contribution < -0.4 is 5.19 Å².